The second-order valence-corrected chi connectivity index (χ2v) is 4.66. The number of rotatable bonds is 4. The summed E-state index contributed by atoms with van der Waals surface area (Å²) in [5.41, 5.74) is 7.98. The lowest BCUT2D eigenvalue weighted by Gasteiger charge is -2.03. The van der Waals surface area contributed by atoms with Crippen molar-refractivity contribution in [1.29, 1.82) is 0 Å². The van der Waals surface area contributed by atoms with Crippen LogP contribution in [0.1, 0.15) is 11.1 Å². The molecule has 0 spiro atoms. The molecular weight excluding hydrogens is 266 g/mol. The molecule has 2 rings (SSSR count). The first kappa shape index (κ1) is 11.4. The molecule has 2 aromatic heterocycles. The Labute approximate surface area is 103 Å². The molecule has 0 fully saturated rings. The van der Waals surface area contributed by atoms with Crippen molar-refractivity contribution in [1.82, 2.24) is 9.55 Å². The van der Waals surface area contributed by atoms with Gasteiger partial charge in [-0.05, 0) is 52.2 Å². The van der Waals surface area contributed by atoms with E-state index in [1.54, 1.807) is 6.20 Å². The molecule has 0 bridgehead atoms. The first-order chi connectivity index (χ1) is 7.78. The number of hydrogen-bond donors (Lipinski definition) is 1. The molecule has 84 valence electrons. The van der Waals surface area contributed by atoms with Crippen molar-refractivity contribution in [2.24, 2.45) is 5.73 Å². The lowest BCUT2D eigenvalue weighted by molar-refractivity contribution is 0.795. The molecule has 0 radical (unpaired) electrons. The van der Waals surface area contributed by atoms with Crippen LogP contribution >= 0.6 is 15.9 Å². The van der Waals surface area contributed by atoms with Gasteiger partial charge < -0.3 is 10.3 Å². The van der Waals surface area contributed by atoms with E-state index >= 15 is 0 Å². The van der Waals surface area contributed by atoms with Gasteiger partial charge in [-0.2, -0.15) is 0 Å². The summed E-state index contributed by atoms with van der Waals surface area (Å²) in [5.74, 6) is 0. The fraction of sp³-hybridized carbons (Fsp3) is 0.250. The number of nitrogens with zero attached hydrogens (tertiary/aromatic N) is 2. The molecule has 4 heteroatoms. The van der Waals surface area contributed by atoms with Crippen molar-refractivity contribution in [2.75, 3.05) is 6.54 Å². The number of aromatic nitrogens is 2. The molecule has 0 amide bonds. The Kier molecular flexibility index (Phi) is 3.74. The third-order valence-electron chi connectivity index (χ3n) is 2.37. The highest BCUT2D eigenvalue weighted by Gasteiger charge is 1.98. The summed E-state index contributed by atoms with van der Waals surface area (Å²) in [7, 11) is 0. The molecule has 0 aliphatic carbocycles. The standard InChI is InChI=1S/C12H14BrN3/c13-12-5-11(6-15-7-12)9-16-4-2-10(8-16)1-3-14/h2,4-8H,1,3,9,14H2. The van der Waals surface area contributed by atoms with Crippen LogP contribution in [0.25, 0.3) is 0 Å². The molecule has 0 saturated carbocycles. The van der Waals surface area contributed by atoms with E-state index in [0.29, 0.717) is 6.54 Å². The Morgan fingerprint density at radius 2 is 2.19 bits per heavy atom. The summed E-state index contributed by atoms with van der Waals surface area (Å²) in [6.07, 6.45) is 8.82. The maximum absolute atomic E-state index is 5.52. The molecule has 2 N–H and O–H groups in total. The molecule has 2 heterocycles. The molecule has 16 heavy (non-hydrogen) atoms. The van der Waals surface area contributed by atoms with Gasteiger partial charge in [0.05, 0.1) is 0 Å². The summed E-state index contributed by atoms with van der Waals surface area (Å²) in [5, 5.41) is 0. The van der Waals surface area contributed by atoms with Gasteiger partial charge in [-0.1, -0.05) is 0 Å². The quantitative estimate of drug-likeness (QED) is 0.933. The summed E-state index contributed by atoms with van der Waals surface area (Å²) in [4.78, 5) is 4.14. The van der Waals surface area contributed by atoms with Gasteiger partial charge in [-0.3, -0.25) is 4.98 Å². The van der Waals surface area contributed by atoms with Crippen molar-refractivity contribution < 1.29 is 0 Å². The van der Waals surface area contributed by atoms with Crippen LogP contribution in [0, 0.1) is 0 Å². The molecule has 0 aliphatic heterocycles. The Morgan fingerprint density at radius 3 is 2.94 bits per heavy atom. The Bertz CT molecular complexity index is 465. The van der Waals surface area contributed by atoms with Crippen LogP contribution in [0.5, 0.6) is 0 Å². The highest BCUT2D eigenvalue weighted by atomic mass is 79.9. The van der Waals surface area contributed by atoms with E-state index in [1.165, 1.54) is 11.1 Å². The molecule has 0 saturated heterocycles. The maximum atomic E-state index is 5.52. The van der Waals surface area contributed by atoms with E-state index in [4.69, 9.17) is 5.73 Å². The van der Waals surface area contributed by atoms with Crippen LogP contribution in [0.3, 0.4) is 0 Å². The third kappa shape index (κ3) is 2.93. The molecule has 0 unspecified atom stereocenters. The van der Waals surface area contributed by atoms with Gasteiger partial charge in [0.25, 0.3) is 0 Å². The zero-order valence-electron chi connectivity index (χ0n) is 8.94. The van der Waals surface area contributed by atoms with Gasteiger partial charge >= 0.3 is 0 Å². The zero-order valence-corrected chi connectivity index (χ0v) is 10.5. The third-order valence-corrected chi connectivity index (χ3v) is 2.81. The van der Waals surface area contributed by atoms with E-state index in [1.807, 2.05) is 6.20 Å². The molecule has 0 aromatic carbocycles. The lowest BCUT2D eigenvalue weighted by atomic mass is 10.2. The van der Waals surface area contributed by atoms with Gasteiger partial charge in [0.2, 0.25) is 0 Å². The van der Waals surface area contributed by atoms with Crippen molar-refractivity contribution >= 4 is 15.9 Å². The van der Waals surface area contributed by atoms with Crippen LogP contribution < -0.4 is 5.73 Å². The fourth-order valence-corrected chi connectivity index (χ4v) is 2.07. The second-order valence-electron chi connectivity index (χ2n) is 3.74. The van der Waals surface area contributed by atoms with Gasteiger partial charge in [0, 0.05) is 35.8 Å². The topological polar surface area (TPSA) is 43.8 Å². The maximum Gasteiger partial charge on any atom is 0.0485 e. The van der Waals surface area contributed by atoms with Crippen molar-refractivity contribution in [2.45, 2.75) is 13.0 Å². The Hall–Kier alpha value is -1.13. The SMILES string of the molecule is NCCc1ccn(Cc2cncc(Br)c2)c1. The largest absolute Gasteiger partial charge is 0.350 e. The summed E-state index contributed by atoms with van der Waals surface area (Å²) < 4.78 is 3.16. The van der Waals surface area contributed by atoms with Gasteiger partial charge in [-0.25, -0.2) is 0 Å². The van der Waals surface area contributed by atoms with Crippen molar-refractivity contribution in [3.63, 3.8) is 0 Å². The first-order valence-electron chi connectivity index (χ1n) is 5.22. The first-order valence-corrected chi connectivity index (χ1v) is 6.01. The van der Waals surface area contributed by atoms with E-state index < -0.39 is 0 Å². The monoisotopic (exact) mass is 279 g/mol. The van der Waals surface area contributed by atoms with Crippen LogP contribution in [-0.2, 0) is 13.0 Å². The van der Waals surface area contributed by atoms with Crippen LogP contribution in [-0.4, -0.2) is 16.1 Å². The van der Waals surface area contributed by atoms with E-state index in [0.717, 1.165) is 17.4 Å². The normalized spacial score (nSPS) is 10.6. The average Bonchev–Trinajstić information content (AvgIpc) is 2.66. The van der Waals surface area contributed by atoms with Crippen LogP contribution in [0.2, 0.25) is 0 Å². The number of pyridine rings is 1. The van der Waals surface area contributed by atoms with E-state index in [-0.39, 0.29) is 0 Å². The van der Waals surface area contributed by atoms with Gasteiger partial charge in [-0.15, -0.1) is 0 Å². The van der Waals surface area contributed by atoms with Crippen LogP contribution in [0.4, 0.5) is 0 Å². The molecular formula is C12H14BrN3. The highest BCUT2D eigenvalue weighted by molar-refractivity contribution is 9.10. The minimum Gasteiger partial charge on any atom is -0.350 e. The molecule has 3 nitrogen and oxygen atoms in total. The van der Waals surface area contributed by atoms with E-state index in [2.05, 4.69) is 50.0 Å². The zero-order chi connectivity index (χ0) is 11.4. The average molecular weight is 280 g/mol. The van der Waals surface area contributed by atoms with Crippen LogP contribution in [0.15, 0.2) is 41.4 Å². The Balaban J connectivity index is 2.08. The van der Waals surface area contributed by atoms with Crippen molar-refractivity contribution in [3.05, 3.63) is 52.5 Å². The summed E-state index contributed by atoms with van der Waals surface area (Å²) in [6, 6.07) is 4.19. The predicted octanol–water partition coefficient (Wildman–Crippen LogP) is 2.20. The number of halogens is 1. The fourth-order valence-electron chi connectivity index (χ4n) is 1.66. The smallest absolute Gasteiger partial charge is 0.0485 e. The molecule has 0 aliphatic rings. The van der Waals surface area contributed by atoms with Crippen molar-refractivity contribution in [3.8, 4) is 0 Å². The summed E-state index contributed by atoms with van der Waals surface area (Å²) >= 11 is 3.42. The minimum absolute atomic E-state index is 0.697. The Morgan fingerprint density at radius 1 is 1.31 bits per heavy atom. The van der Waals surface area contributed by atoms with Gasteiger partial charge in [0.15, 0.2) is 0 Å². The second kappa shape index (κ2) is 5.27. The lowest BCUT2D eigenvalue weighted by Crippen LogP contribution is -2.02. The van der Waals surface area contributed by atoms with Gasteiger partial charge in [0.1, 0.15) is 0 Å². The predicted molar refractivity (Wildman–Crippen MR) is 68.2 cm³/mol. The summed E-state index contributed by atoms with van der Waals surface area (Å²) in [6.45, 7) is 1.54. The number of hydrogen-bond acceptors (Lipinski definition) is 2. The highest BCUT2D eigenvalue weighted by Crippen LogP contribution is 2.11. The van der Waals surface area contributed by atoms with E-state index in [9.17, 15) is 0 Å². The number of nitrogens with two attached hydrogens (primary N) is 1. The molecule has 0 atom stereocenters. The molecule has 2 aromatic rings. The minimum atomic E-state index is 0.697.